The molecule has 0 aliphatic heterocycles. The first-order valence-corrected chi connectivity index (χ1v) is 4.62. The summed E-state index contributed by atoms with van der Waals surface area (Å²) in [4.78, 5) is 6.37. The zero-order valence-electron chi connectivity index (χ0n) is 8.83. The molecule has 76 valence electrons. The van der Waals surface area contributed by atoms with Crippen molar-refractivity contribution in [2.75, 3.05) is 19.3 Å². The summed E-state index contributed by atoms with van der Waals surface area (Å²) >= 11 is 0. The van der Waals surface area contributed by atoms with E-state index >= 15 is 0 Å². The molecule has 3 heteroatoms. The number of rotatable bonds is 4. The zero-order valence-corrected chi connectivity index (χ0v) is 8.83. The van der Waals surface area contributed by atoms with E-state index in [-0.39, 0.29) is 0 Å². The van der Waals surface area contributed by atoms with Crippen molar-refractivity contribution < 1.29 is 0 Å². The van der Waals surface area contributed by atoms with E-state index in [0.29, 0.717) is 0 Å². The van der Waals surface area contributed by atoms with Crippen LogP contribution in [0.3, 0.4) is 0 Å². The molecule has 0 radical (unpaired) electrons. The molecular formula is C11H17N3. The topological polar surface area (TPSA) is 42.2 Å². The molecule has 0 aromatic carbocycles. The molecule has 0 spiro atoms. The van der Waals surface area contributed by atoms with Gasteiger partial charge >= 0.3 is 0 Å². The molecule has 0 unspecified atom stereocenters. The predicted molar refractivity (Wildman–Crippen MR) is 59.8 cm³/mol. The minimum atomic E-state index is 0.751. The van der Waals surface area contributed by atoms with Gasteiger partial charge in [-0.05, 0) is 26.1 Å². The van der Waals surface area contributed by atoms with Gasteiger partial charge in [-0.25, -0.2) is 0 Å². The Morgan fingerprint density at radius 1 is 1.64 bits per heavy atom. The summed E-state index contributed by atoms with van der Waals surface area (Å²) in [6.07, 6.45) is 1.76. The second-order valence-corrected chi connectivity index (χ2v) is 3.67. The third kappa shape index (κ3) is 3.18. The summed E-state index contributed by atoms with van der Waals surface area (Å²) in [5, 5.41) is 0. The van der Waals surface area contributed by atoms with E-state index in [9.17, 15) is 0 Å². The fraction of sp³-hybridized carbons (Fsp3) is 0.364. The number of likely N-dealkylation sites (N-methyl/N-ethyl adjacent to an activating group) is 1. The van der Waals surface area contributed by atoms with Gasteiger partial charge in [0.15, 0.2) is 0 Å². The summed E-state index contributed by atoms with van der Waals surface area (Å²) in [7, 11) is 2.03. The number of aromatic nitrogens is 1. The van der Waals surface area contributed by atoms with E-state index in [0.717, 1.165) is 30.0 Å². The van der Waals surface area contributed by atoms with Gasteiger partial charge in [0.05, 0.1) is 11.4 Å². The maximum absolute atomic E-state index is 5.79. The molecule has 0 saturated heterocycles. The Labute approximate surface area is 85.3 Å². The zero-order chi connectivity index (χ0) is 10.6. The molecule has 0 fully saturated rings. The summed E-state index contributed by atoms with van der Waals surface area (Å²) < 4.78 is 0. The predicted octanol–water partition coefficient (Wildman–Crippen LogP) is 1.67. The van der Waals surface area contributed by atoms with Gasteiger partial charge in [-0.15, -0.1) is 0 Å². The number of nitrogens with two attached hydrogens (primary N) is 1. The highest BCUT2D eigenvalue weighted by molar-refractivity contribution is 5.41. The highest BCUT2D eigenvalue weighted by Crippen LogP contribution is 2.09. The summed E-state index contributed by atoms with van der Waals surface area (Å²) in [6.45, 7) is 7.51. The van der Waals surface area contributed by atoms with Crippen LogP contribution in [0.1, 0.15) is 12.6 Å². The molecule has 2 N–H and O–H groups in total. The van der Waals surface area contributed by atoms with Crippen LogP contribution < -0.4 is 5.73 Å². The largest absolute Gasteiger partial charge is 0.397 e. The normalized spacial score (nSPS) is 10.5. The second-order valence-electron chi connectivity index (χ2n) is 3.67. The minimum absolute atomic E-state index is 0.751. The number of nitrogens with zero attached hydrogens (tertiary/aromatic N) is 2. The SMILES string of the molecule is C=C(C)CN(C)Cc1ncccc1N. The van der Waals surface area contributed by atoms with E-state index < -0.39 is 0 Å². The van der Waals surface area contributed by atoms with Gasteiger partial charge in [0.25, 0.3) is 0 Å². The first-order valence-electron chi connectivity index (χ1n) is 4.62. The standard InChI is InChI=1S/C11H17N3/c1-9(2)7-14(3)8-11-10(12)5-4-6-13-11/h4-6H,1,7-8,12H2,2-3H3. The van der Waals surface area contributed by atoms with Crippen molar-refractivity contribution in [1.82, 2.24) is 9.88 Å². The number of nitrogen functional groups attached to an aromatic ring is 1. The van der Waals surface area contributed by atoms with Crippen molar-refractivity contribution in [3.8, 4) is 0 Å². The van der Waals surface area contributed by atoms with Gasteiger partial charge in [-0.1, -0.05) is 12.2 Å². The van der Waals surface area contributed by atoms with Crippen LogP contribution in [0.5, 0.6) is 0 Å². The Bertz CT molecular complexity index is 320. The van der Waals surface area contributed by atoms with E-state index in [2.05, 4.69) is 16.5 Å². The quantitative estimate of drug-likeness (QED) is 0.736. The summed E-state index contributed by atoms with van der Waals surface area (Å²) in [6, 6.07) is 3.72. The summed E-state index contributed by atoms with van der Waals surface area (Å²) in [5.74, 6) is 0. The second kappa shape index (κ2) is 4.77. The van der Waals surface area contributed by atoms with Crippen LogP contribution in [-0.2, 0) is 6.54 Å². The van der Waals surface area contributed by atoms with Crippen LogP contribution in [0.4, 0.5) is 5.69 Å². The van der Waals surface area contributed by atoms with Crippen molar-refractivity contribution in [1.29, 1.82) is 0 Å². The van der Waals surface area contributed by atoms with Crippen molar-refractivity contribution >= 4 is 5.69 Å². The van der Waals surface area contributed by atoms with E-state index in [1.54, 1.807) is 6.20 Å². The Morgan fingerprint density at radius 3 is 2.93 bits per heavy atom. The minimum Gasteiger partial charge on any atom is -0.397 e. The Morgan fingerprint density at radius 2 is 2.36 bits per heavy atom. The number of hydrogen-bond donors (Lipinski definition) is 1. The van der Waals surface area contributed by atoms with E-state index in [1.807, 2.05) is 26.1 Å². The van der Waals surface area contributed by atoms with Gasteiger partial charge in [-0.2, -0.15) is 0 Å². The molecule has 1 aromatic rings. The average molecular weight is 191 g/mol. The molecule has 1 aromatic heterocycles. The molecule has 1 heterocycles. The number of pyridine rings is 1. The van der Waals surface area contributed by atoms with E-state index in [1.165, 1.54) is 0 Å². The third-order valence-electron chi connectivity index (χ3n) is 1.88. The maximum atomic E-state index is 5.79. The fourth-order valence-electron chi connectivity index (χ4n) is 1.35. The van der Waals surface area contributed by atoms with E-state index in [4.69, 9.17) is 5.73 Å². The number of anilines is 1. The Balaban J connectivity index is 2.60. The van der Waals surface area contributed by atoms with Gasteiger partial charge in [-0.3, -0.25) is 9.88 Å². The lowest BCUT2D eigenvalue weighted by Crippen LogP contribution is -2.20. The lowest BCUT2D eigenvalue weighted by Gasteiger charge is -2.16. The van der Waals surface area contributed by atoms with Gasteiger partial charge in [0.2, 0.25) is 0 Å². The summed E-state index contributed by atoms with van der Waals surface area (Å²) in [5.41, 5.74) is 8.61. The first-order chi connectivity index (χ1) is 6.59. The first kappa shape index (κ1) is 10.7. The molecule has 3 nitrogen and oxygen atoms in total. The molecule has 14 heavy (non-hydrogen) atoms. The van der Waals surface area contributed by atoms with Crippen molar-refractivity contribution in [2.24, 2.45) is 0 Å². The highest BCUT2D eigenvalue weighted by atomic mass is 15.1. The van der Waals surface area contributed by atoms with Crippen LogP contribution >= 0.6 is 0 Å². The molecule has 0 saturated carbocycles. The monoisotopic (exact) mass is 191 g/mol. The van der Waals surface area contributed by atoms with Crippen LogP contribution in [0.25, 0.3) is 0 Å². The highest BCUT2D eigenvalue weighted by Gasteiger charge is 2.03. The lowest BCUT2D eigenvalue weighted by atomic mass is 10.2. The smallest absolute Gasteiger partial charge is 0.0772 e. The molecule has 0 amide bonds. The Kier molecular flexibility index (Phi) is 3.65. The van der Waals surface area contributed by atoms with Crippen molar-refractivity contribution in [3.63, 3.8) is 0 Å². The number of hydrogen-bond acceptors (Lipinski definition) is 3. The van der Waals surface area contributed by atoms with Crippen LogP contribution in [0.2, 0.25) is 0 Å². The van der Waals surface area contributed by atoms with Gasteiger partial charge in [0.1, 0.15) is 0 Å². The molecule has 0 aliphatic rings. The molecule has 0 aliphatic carbocycles. The van der Waals surface area contributed by atoms with Gasteiger partial charge < -0.3 is 5.73 Å². The Hall–Kier alpha value is -1.35. The van der Waals surface area contributed by atoms with Crippen molar-refractivity contribution in [3.05, 3.63) is 36.2 Å². The van der Waals surface area contributed by atoms with Crippen LogP contribution in [0, 0.1) is 0 Å². The van der Waals surface area contributed by atoms with Crippen LogP contribution in [0.15, 0.2) is 30.5 Å². The van der Waals surface area contributed by atoms with Gasteiger partial charge in [0, 0.05) is 19.3 Å². The average Bonchev–Trinajstić information content (AvgIpc) is 2.07. The molecule has 1 rings (SSSR count). The molecular weight excluding hydrogens is 174 g/mol. The van der Waals surface area contributed by atoms with Crippen LogP contribution in [-0.4, -0.2) is 23.5 Å². The molecule has 0 bridgehead atoms. The van der Waals surface area contributed by atoms with Crippen molar-refractivity contribution in [2.45, 2.75) is 13.5 Å². The fourth-order valence-corrected chi connectivity index (χ4v) is 1.35. The molecule has 0 atom stereocenters. The lowest BCUT2D eigenvalue weighted by molar-refractivity contribution is 0.352. The third-order valence-corrected chi connectivity index (χ3v) is 1.88. The maximum Gasteiger partial charge on any atom is 0.0772 e.